The van der Waals surface area contributed by atoms with E-state index in [0.717, 1.165) is 32.5 Å². The molecule has 3 heteroatoms. The van der Waals surface area contributed by atoms with Crippen molar-refractivity contribution < 1.29 is 14.6 Å². The van der Waals surface area contributed by atoms with Gasteiger partial charge in [-0.15, -0.1) is 0 Å². The second-order valence-electron chi connectivity index (χ2n) is 5.17. The summed E-state index contributed by atoms with van der Waals surface area (Å²) in [5.74, 6) is 0.549. The number of rotatable bonds is 0. The molecule has 1 saturated heterocycles. The highest BCUT2D eigenvalue weighted by atomic mass is 16.7. The van der Waals surface area contributed by atoms with Gasteiger partial charge in [0.1, 0.15) is 0 Å². The summed E-state index contributed by atoms with van der Waals surface area (Å²) in [5.41, 5.74) is 0. The zero-order valence-electron chi connectivity index (χ0n) is 9.15. The van der Waals surface area contributed by atoms with Crippen molar-refractivity contribution in [3.8, 4) is 0 Å². The van der Waals surface area contributed by atoms with E-state index in [0.29, 0.717) is 11.8 Å². The Balaban J connectivity index is 1.84. The molecule has 2 saturated carbocycles. The summed E-state index contributed by atoms with van der Waals surface area (Å²) in [5, 5.41) is 10.0. The smallest absolute Gasteiger partial charge is 0.171 e. The molecule has 1 unspecified atom stereocenters. The van der Waals surface area contributed by atoms with Crippen LogP contribution >= 0.6 is 0 Å². The topological polar surface area (TPSA) is 38.7 Å². The zero-order valence-corrected chi connectivity index (χ0v) is 9.15. The molecule has 0 aromatic heterocycles. The number of fused-ring (bicyclic) bond motifs is 2. The Morgan fingerprint density at radius 1 is 1.00 bits per heavy atom. The SMILES string of the molecule is OC1CCC2(OCCO2)[C@@H]2CCCC[C@@H]12. The van der Waals surface area contributed by atoms with Gasteiger partial charge in [0, 0.05) is 12.3 Å². The third-order valence-corrected chi connectivity index (χ3v) is 4.44. The summed E-state index contributed by atoms with van der Waals surface area (Å²) < 4.78 is 11.7. The van der Waals surface area contributed by atoms with Gasteiger partial charge in [-0.05, 0) is 25.2 Å². The summed E-state index contributed by atoms with van der Waals surface area (Å²) in [6.07, 6.45) is 6.46. The lowest BCUT2D eigenvalue weighted by molar-refractivity contribution is -0.248. The van der Waals surface area contributed by atoms with Crippen LogP contribution in [0, 0.1) is 11.8 Å². The molecule has 0 radical (unpaired) electrons. The second-order valence-corrected chi connectivity index (χ2v) is 5.17. The van der Waals surface area contributed by atoms with E-state index < -0.39 is 0 Å². The van der Waals surface area contributed by atoms with Gasteiger partial charge in [0.05, 0.1) is 19.3 Å². The maximum atomic E-state index is 10.0. The first-order valence-corrected chi connectivity index (χ1v) is 6.28. The molecule has 3 rings (SSSR count). The lowest BCUT2D eigenvalue weighted by Crippen LogP contribution is -2.52. The van der Waals surface area contributed by atoms with Crippen LogP contribution in [0.2, 0.25) is 0 Å². The van der Waals surface area contributed by atoms with Crippen LogP contribution in [0.4, 0.5) is 0 Å². The average molecular weight is 212 g/mol. The van der Waals surface area contributed by atoms with Gasteiger partial charge in [0.25, 0.3) is 0 Å². The normalized spacial score (nSPS) is 44.2. The number of aliphatic hydroxyl groups is 1. The van der Waals surface area contributed by atoms with E-state index in [1.54, 1.807) is 0 Å². The van der Waals surface area contributed by atoms with Gasteiger partial charge in [-0.2, -0.15) is 0 Å². The van der Waals surface area contributed by atoms with Gasteiger partial charge in [0.15, 0.2) is 5.79 Å². The molecule has 0 aromatic rings. The predicted octanol–water partition coefficient (Wildman–Crippen LogP) is 1.69. The van der Waals surface area contributed by atoms with Crippen molar-refractivity contribution in [1.82, 2.24) is 0 Å². The van der Waals surface area contributed by atoms with Crippen molar-refractivity contribution in [3.05, 3.63) is 0 Å². The summed E-state index contributed by atoms with van der Waals surface area (Å²) >= 11 is 0. The molecule has 0 bridgehead atoms. The standard InChI is InChI=1S/C12H20O3/c13-11-5-6-12(14-7-8-15-12)10-4-2-1-3-9(10)11/h9-11,13H,1-8H2/t9-,10-,11?/m1/s1. The minimum atomic E-state index is -0.315. The lowest BCUT2D eigenvalue weighted by Gasteiger charge is -2.48. The van der Waals surface area contributed by atoms with Crippen LogP contribution in [-0.2, 0) is 9.47 Å². The average Bonchev–Trinajstić information content (AvgIpc) is 2.74. The van der Waals surface area contributed by atoms with Crippen LogP contribution in [0.25, 0.3) is 0 Å². The van der Waals surface area contributed by atoms with Crippen molar-refractivity contribution in [1.29, 1.82) is 0 Å². The molecule has 1 N–H and O–H groups in total. The molecule has 3 fully saturated rings. The molecular weight excluding hydrogens is 192 g/mol. The maximum Gasteiger partial charge on any atom is 0.171 e. The molecule has 0 amide bonds. The van der Waals surface area contributed by atoms with Crippen molar-refractivity contribution in [2.75, 3.05) is 13.2 Å². The van der Waals surface area contributed by atoms with Crippen molar-refractivity contribution >= 4 is 0 Å². The molecule has 0 aromatic carbocycles. The third kappa shape index (κ3) is 1.52. The quantitative estimate of drug-likeness (QED) is 0.664. The van der Waals surface area contributed by atoms with Gasteiger partial charge in [-0.1, -0.05) is 12.8 Å². The van der Waals surface area contributed by atoms with Crippen LogP contribution in [0.15, 0.2) is 0 Å². The number of aliphatic hydroxyl groups excluding tert-OH is 1. The Labute approximate surface area is 90.8 Å². The van der Waals surface area contributed by atoms with Crippen LogP contribution in [0.5, 0.6) is 0 Å². The molecule has 3 nitrogen and oxygen atoms in total. The molecule has 1 aliphatic heterocycles. The highest BCUT2D eigenvalue weighted by Gasteiger charge is 2.53. The van der Waals surface area contributed by atoms with E-state index in [1.807, 2.05) is 0 Å². The first kappa shape index (κ1) is 10.1. The fourth-order valence-corrected chi connectivity index (χ4v) is 3.74. The fourth-order valence-electron chi connectivity index (χ4n) is 3.74. The van der Waals surface area contributed by atoms with Crippen LogP contribution in [-0.4, -0.2) is 30.2 Å². The predicted molar refractivity (Wildman–Crippen MR) is 55.3 cm³/mol. The molecule has 3 atom stereocenters. The number of ether oxygens (including phenoxy) is 2. The third-order valence-electron chi connectivity index (χ3n) is 4.44. The van der Waals surface area contributed by atoms with Gasteiger partial charge >= 0.3 is 0 Å². The summed E-state index contributed by atoms with van der Waals surface area (Å²) in [4.78, 5) is 0. The Kier molecular flexibility index (Phi) is 2.49. The van der Waals surface area contributed by atoms with Gasteiger partial charge in [-0.25, -0.2) is 0 Å². The fraction of sp³-hybridized carbons (Fsp3) is 1.00. The summed E-state index contributed by atoms with van der Waals surface area (Å²) in [7, 11) is 0. The molecule has 86 valence electrons. The van der Waals surface area contributed by atoms with Crippen molar-refractivity contribution in [3.63, 3.8) is 0 Å². The van der Waals surface area contributed by atoms with Crippen LogP contribution in [0.3, 0.4) is 0 Å². The minimum absolute atomic E-state index is 0.117. The van der Waals surface area contributed by atoms with Gasteiger partial charge < -0.3 is 14.6 Å². The van der Waals surface area contributed by atoms with Crippen molar-refractivity contribution in [2.45, 2.75) is 50.4 Å². The Morgan fingerprint density at radius 3 is 2.53 bits per heavy atom. The van der Waals surface area contributed by atoms with E-state index >= 15 is 0 Å². The van der Waals surface area contributed by atoms with E-state index in [-0.39, 0.29) is 11.9 Å². The molecule has 2 aliphatic carbocycles. The summed E-state index contributed by atoms with van der Waals surface area (Å²) in [6, 6.07) is 0. The van der Waals surface area contributed by atoms with E-state index in [2.05, 4.69) is 0 Å². The van der Waals surface area contributed by atoms with E-state index in [1.165, 1.54) is 19.3 Å². The van der Waals surface area contributed by atoms with Crippen LogP contribution in [0.1, 0.15) is 38.5 Å². The second kappa shape index (κ2) is 3.72. The van der Waals surface area contributed by atoms with Crippen molar-refractivity contribution in [2.24, 2.45) is 11.8 Å². The van der Waals surface area contributed by atoms with Gasteiger partial charge in [0.2, 0.25) is 0 Å². The summed E-state index contributed by atoms with van der Waals surface area (Å²) in [6.45, 7) is 1.47. The van der Waals surface area contributed by atoms with E-state index in [9.17, 15) is 5.11 Å². The van der Waals surface area contributed by atoms with Gasteiger partial charge in [-0.3, -0.25) is 0 Å². The lowest BCUT2D eigenvalue weighted by atomic mass is 9.66. The Hall–Kier alpha value is -0.120. The zero-order chi connectivity index (χ0) is 10.3. The Morgan fingerprint density at radius 2 is 1.73 bits per heavy atom. The molecular formula is C12H20O3. The minimum Gasteiger partial charge on any atom is -0.393 e. The molecule has 3 aliphatic rings. The first-order chi connectivity index (χ1) is 7.32. The number of hydrogen-bond acceptors (Lipinski definition) is 3. The first-order valence-electron chi connectivity index (χ1n) is 6.28. The largest absolute Gasteiger partial charge is 0.393 e. The highest BCUT2D eigenvalue weighted by Crippen LogP contribution is 2.49. The molecule has 15 heavy (non-hydrogen) atoms. The van der Waals surface area contributed by atoms with E-state index in [4.69, 9.17) is 9.47 Å². The highest BCUT2D eigenvalue weighted by molar-refractivity contribution is 4.96. The number of hydrogen-bond donors (Lipinski definition) is 1. The van der Waals surface area contributed by atoms with Crippen LogP contribution < -0.4 is 0 Å². The Bertz CT molecular complexity index is 235. The maximum absolute atomic E-state index is 10.0. The monoisotopic (exact) mass is 212 g/mol. The molecule has 1 spiro atoms. The molecule has 1 heterocycles.